The Labute approximate surface area is 117 Å². The minimum Gasteiger partial charge on any atom is -0.328 e. The number of hydrogen-bond donors (Lipinski definition) is 1. The van der Waals surface area contributed by atoms with Crippen LogP contribution in [-0.4, -0.2) is 30.1 Å². The number of hydrogen-bond acceptors (Lipinski definition) is 2. The maximum Gasteiger partial charge on any atom is 0.0139 e. The smallest absolute Gasteiger partial charge is 0.0139 e. The highest BCUT2D eigenvalue weighted by atomic mass is 15.2. The third-order valence-corrected chi connectivity index (χ3v) is 5.15. The Balaban J connectivity index is 1.60. The van der Waals surface area contributed by atoms with Gasteiger partial charge in [0.2, 0.25) is 0 Å². The van der Waals surface area contributed by atoms with E-state index in [1.807, 2.05) is 0 Å². The molecule has 2 unspecified atom stereocenters. The van der Waals surface area contributed by atoms with Gasteiger partial charge in [0, 0.05) is 12.1 Å². The van der Waals surface area contributed by atoms with Crippen molar-refractivity contribution in [2.24, 2.45) is 11.7 Å². The Kier molecular flexibility index (Phi) is 3.90. The average molecular weight is 258 g/mol. The van der Waals surface area contributed by atoms with Crippen LogP contribution in [0.1, 0.15) is 37.3 Å². The summed E-state index contributed by atoms with van der Waals surface area (Å²) in [5.74, 6) is 0.743. The minimum atomic E-state index is 0.370. The Bertz CT molecular complexity index is 419. The summed E-state index contributed by atoms with van der Waals surface area (Å²) in [7, 11) is 0. The summed E-state index contributed by atoms with van der Waals surface area (Å²) < 4.78 is 0. The predicted molar refractivity (Wildman–Crippen MR) is 80.2 cm³/mol. The zero-order valence-corrected chi connectivity index (χ0v) is 12.0. The lowest BCUT2D eigenvalue weighted by Crippen LogP contribution is -2.46. The molecule has 0 spiro atoms. The normalized spacial score (nSPS) is 26.9. The molecule has 0 saturated carbocycles. The Morgan fingerprint density at radius 2 is 1.79 bits per heavy atom. The molecule has 1 saturated heterocycles. The van der Waals surface area contributed by atoms with E-state index in [-0.39, 0.29) is 0 Å². The largest absolute Gasteiger partial charge is 0.328 e. The first-order chi connectivity index (χ1) is 9.24. The molecule has 2 nitrogen and oxygen atoms in total. The maximum absolute atomic E-state index is 6.04. The van der Waals surface area contributed by atoms with E-state index in [2.05, 4.69) is 36.1 Å². The van der Waals surface area contributed by atoms with Crippen LogP contribution in [0.2, 0.25) is 0 Å². The van der Waals surface area contributed by atoms with Crippen molar-refractivity contribution < 1.29 is 0 Å². The van der Waals surface area contributed by atoms with Gasteiger partial charge in [0.1, 0.15) is 0 Å². The average Bonchev–Trinajstić information content (AvgIpc) is 2.47. The second-order valence-corrected chi connectivity index (χ2v) is 6.40. The van der Waals surface area contributed by atoms with E-state index in [9.17, 15) is 0 Å². The third kappa shape index (κ3) is 2.85. The third-order valence-electron chi connectivity index (χ3n) is 5.15. The fourth-order valence-electron chi connectivity index (χ4n) is 3.80. The quantitative estimate of drug-likeness (QED) is 0.883. The lowest BCUT2D eigenvalue weighted by Gasteiger charge is -2.40. The van der Waals surface area contributed by atoms with Crippen LogP contribution < -0.4 is 5.73 Å². The highest BCUT2D eigenvalue weighted by molar-refractivity contribution is 5.30. The second-order valence-electron chi connectivity index (χ2n) is 6.40. The van der Waals surface area contributed by atoms with E-state index in [4.69, 9.17) is 5.73 Å². The molecule has 1 fully saturated rings. The Morgan fingerprint density at radius 3 is 2.47 bits per heavy atom. The SMILES string of the molecule is CC(N)C1CCN(C2CCc3ccccc3C2)CC1. The zero-order chi connectivity index (χ0) is 13.2. The molecule has 0 bridgehead atoms. The van der Waals surface area contributed by atoms with Crippen LogP contribution in [0.15, 0.2) is 24.3 Å². The number of piperidine rings is 1. The Morgan fingerprint density at radius 1 is 1.11 bits per heavy atom. The first-order valence-electron chi connectivity index (χ1n) is 7.80. The van der Waals surface area contributed by atoms with Crippen molar-refractivity contribution in [1.29, 1.82) is 0 Å². The van der Waals surface area contributed by atoms with Gasteiger partial charge in [0.05, 0.1) is 0 Å². The number of benzene rings is 1. The van der Waals surface area contributed by atoms with Gasteiger partial charge in [0.15, 0.2) is 0 Å². The van der Waals surface area contributed by atoms with Crippen molar-refractivity contribution in [3.05, 3.63) is 35.4 Å². The molecule has 0 radical (unpaired) electrons. The van der Waals surface area contributed by atoms with Crippen LogP contribution in [0.3, 0.4) is 0 Å². The summed E-state index contributed by atoms with van der Waals surface area (Å²) in [6.07, 6.45) is 6.42. The summed E-state index contributed by atoms with van der Waals surface area (Å²) in [5.41, 5.74) is 9.19. The van der Waals surface area contributed by atoms with Gasteiger partial charge in [-0.2, -0.15) is 0 Å². The van der Waals surface area contributed by atoms with E-state index in [1.54, 1.807) is 11.1 Å². The summed E-state index contributed by atoms with van der Waals surface area (Å²) in [6, 6.07) is 10.1. The molecule has 2 N–H and O–H groups in total. The number of likely N-dealkylation sites (tertiary alicyclic amines) is 1. The summed E-state index contributed by atoms with van der Waals surface area (Å²) in [5, 5.41) is 0. The molecular weight excluding hydrogens is 232 g/mol. The zero-order valence-electron chi connectivity index (χ0n) is 12.0. The van der Waals surface area contributed by atoms with Crippen LogP contribution in [0, 0.1) is 5.92 Å². The van der Waals surface area contributed by atoms with Gasteiger partial charge >= 0.3 is 0 Å². The first-order valence-corrected chi connectivity index (χ1v) is 7.80. The number of nitrogens with zero attached hydrogens (tertiary/aromatic N) is 1. The van der Waals surface area contributed by atoms with Crippen LogP contribution in [0.25, 0.3) is 0 Å². The van der Waals surface area contributed by atoms with Crippen molar-refractivity contribution in [1.82, 2.24) is 4.90 Å². The fraction of sp³-hybridized carbons (Fsp3) is 0.647. The summed E-state index contributed by atoms with van der Waals surface area (Å²) in [4.78, 5) is 2.72. The summed E-state index contributed by atoms with van der Waals surface area (Å²) in [6.45, 7) is 4.66. The molecule has 0 aromatic heterocycles. The molecule has 19 heavy (non-hydrogen) atoms. The maximum atomic E-state index is 6.04. The predicted octanol–water partition coefficient (Wildman–Crippen LogP) is 2.60. The van der Waals surface area contributed by atoms with Crippen LogP contribution in [0.5, 0.6) is 0 Å². The number of fused-ring (bicyclic) bond motifs is 1. The molecule has 2 atom stereocenters. The van der Waals surface area contributed by atoms with E-state index >= 15 is 0 Å². The van der Waals surface area contributed by atoms with Gasteiger partial charge in [0.25, 0.3) is 0 Å². The van der Waals surface area contributed by atoms with Gasteiger partial charge in [-0.25, -0.2) is 0 Å². The molecule has 3 rings (SSSR count). The van der Waals surface area contributed by atoms with Gasteiger partial charge in [-0.1, -0.05) is 24.3 Å². The van der Waals surface area contributed by atoms with Gasteiger partial charge in [-0.05, 0) is 69.2 Å². The van der Waals surface area contributed by atoms with E-state index in [0.29, 0.717) is 6.04 Å². The number of rotatable bonds is 2. The van der Waals surface area contributed by atoms with E-state index < -0.39 is 0 Å². The van der Waals surface area contributed by atoms with E-state index in [0.717, 1.165) is 12.0 Å². The molecule has 1 aliphatic carbocycles. The van der Waals surface area contributed by atoms with Crippen molar-refractivity contribution >= 4 is 0 Å². The van der Waals surface area contributed by atoms with Gasteiger partial charge in [-0.15, -0.1) is 0 Å². The Hall–Kier alpha value is -0.860. The minimum absolute atomic E-state index is 0.370. The lowest BCUT2D eigenvalue weighted by atomic mass is 9.85. The van der Waals surface area contributed by atoms with Crippen molar-refractivity contribution in [3.63, 3.8) is 0 Å². The molecule has 1 aromatic rings. The first kappa shape index (κ1) is 13.1. The standard InChI is InChI=1S/C17H26N2/c1-13(18)14-8-10-19(11-9-14)17-7-6-15-4-2-3-5-16(15)12-17/h2-5,13-14,17H,6-12,18H2,1H3. The fourth-order valence-corrected chi connectivity index (χ4v) is 3.80. The number of nitrogens with two attached hydrogens (primary N) is 1. The molecule has 2 aliphatic rings. The summed E-state index contributed by atoms with van der Waals surface area (Å²) >= 11 is 0. The monoisotopic (exact) mass is 258 g/mol. The molecule has 2 heteroatoms. The van der Waals surface area contributed by atoms with Crippen molar-refractivity contribution in [2.45, 2.75) is 51.1 Å². The molecule has 104 valence electrons. The van der Waals surface area contributed by atoms with Gasteiger partial charge < -0.3 is 10.6 Å². The van der Waals surface area contributed by atoms with Crippen LogP contribution >= 0.6 is 0 Å². The molecular formula is C17H26N2. The topological polar surface area (TPSA) is 29.3 Å². The van der Waals surface area contributed by atoms with Crippen molar-refractivity contribution in [3.8, 4) is 0 Å². The lowest BCUT2D eigenvalue weighted by molar-refractivity contribution is 0.115. The van der Waals surface area contributed by atoms with Crippen LogP contribution in [0.4, 0.5) is 0 Å². The molecule has 1 aliphatic heterocycles. The molecule has 1 aromatic carbocycles. The van der Waals surface area contributed by atoms with Gasteiger partial charge in [-0.3, -0.25) is 0 Å². The highest BCUT2D eigenvalue weighted by Gasteiger charge is 2.28. The van der Waals surface area contributed by atoms with E-state index in [1.165, 1.54) is 45.2 Å². The van der Waals surface area contributed by atoms with Crippen LogP contribution in [-0.2, 0) is 12.8 Å². The second kappa shape index (κ2) is 5.64. The van der Waals surface area contributed by atoms with Crippen molar-refractivity contribution in [2.75, 3.05) is 13.1 Å². The highest BCUT2D eigenvalue weighted by Crippen LogP contribution is 2.28. The molecule has 1 heterocycles. The number of aryl methyl sites for hydroxylation is 1. The molecule has 0 amide bonds.